The molecule has 4 nitrogen and oxygen atoms in total. The normalized spacial score (nSPS) is 38.3. The van der Waals surface area contributed by atoms with Crippen molar-refractivity contribution < 1.29 is 14.7 Å². The van der Waals surface area contributed by atoms with Gasteiger partial charge in [-0.3, -0.25) is 9.59 Å². The highest BCUT2D eigenvalue weighted by atomic mass is 16.4. The summed E-state index contributed by atoms with van der Waals surface area (Å²) >= 11 is 0. The van der Waals surface area contributed by atoms with Crippen molar-refractivity contribution in [2.24, 2.45) is 23.2 Å². The van der Waals surface area contributed by atoms with Crippen LogP contribution in [-0.2, 0) is 9.59 Å². The van der Waals surface area contributed by atoms with Crippen molar-refractivity contribution in [2.75, 3.05) is 6.54 Å². The molecule has 1 saturated heterocycles. The third-order valence-electron chi connectivity index (χ3n) is 4.76. The Morgan fingerprint density at radius 3 is 2.28 bits per heavy atom. The summed E-state index contributed by atoms with van der Waals surface area (Å²) in [5, 5.41) is 9.15. The van der Waals surface area contributed by atoms with Crippen LogP contribution in [0.1, 0.15) is 40.5 Å². The lowest BCUT2D eigenvalue weighted by atomic mass is 9.94. The maximum Gasteiger partial charge on any atom is 0.307 e. The van der Waals surface area contributed by atoms with Crippen LogP contribution in [0.25, 0.3) is 0 Å². The van der Waals surface area contributed by atoms with Crippen LogP contribution >= 0.6 is 0 Å². The Morgan fingerprint density at radius 2 is 1.78 bits per heavy atom. The molecule has 1 aliphatic carbocycles. The fourth-order valence-electron chi connectivity index (χ4n) is 3.33. The van der Waals surface area contributed by atoms with Crippen LogP contribution in [0.3, 0.4) is 0 Å². The first-order valence-electron chi connectivity index (χ1n) is 6.80. The van der Waals surface area contributed by atoms with Gasteiger partial charge >= 0.3 is 5.97 Å². The highest BCUT2D eigenvalue weighted by Gasteiger charge is 2.66. The van der Waals surface area contributed by atoms with Gasteiger partial charge in [0, 0.05) is 12.6 Å². The van der Waals surface area contributed by atoms with Crippen LogP contribution in [-0.4, -0.2) is 34.5 Å². The Labute approximate surface area is 108 Å². The Kier molecular flexibility index (Phi) is 3.16. The zero-order valence-corrected chi connectivity index (χ0v) is 11.6. The van der Waals surface area contributed by atoms with E-state index in [0.29, 0.717) is 5.92 Å². The quantitative estimate of drug-likeness (QED) is 0.818. The van der Waals surface area contributed by atoms with Crippen LogP contribution < -0.4 is 0 Å². The number of piperidine rings is 1. The summed E-state index contributed by atoms with van der Waals surface area (Å²) in [6.07, 6.45) is 2.18. The van der Waals surface area contributed by atoms with Gasteiger partial charge in [-0.25, -0.2) is 0 Å². The van der Waals surface area contributed by atoms with E-state index in [2.05, 4.69) is 13.8 Å². The second-order valence-electron chi connectivity index (χ2n) is 6.64. The lowest BCUT2D eigenvalue weighted by molar-refractivity contribution is -0.143. The number of nitrogens with zero attached hydrogens (tertiary/aromatic N) is 1. The number of rotatable bonds is 2. The summed E-state index contributed by atoms with van der Waals surface area (Å²) in [5.74, 6) is -1.10. The second kappa shape index (κ2) is 4.25. The smallest absolute Gasteiger partial charge is 0.307 e. The molecule has 1 aliphatic heterocycles. The van der Waals surface area contributed by atoms with Crippen molar-refractivity contribution in [2.45, 2.75) is 46.6 Å². The Hall–Kier alpha value is -1.06. The second-order valence-corrected chi connectivity index (χ2v) is 6.64. The van der Waals surface area contributed by atoms with Gasteiger partial charge in [0.1, 0.15) is 0 Å². The highest BCUT2D eigenvalue weighted by molar-refractivity contribution is 5.91. The number of hydrogen-bond donors (Lipinski definition) is 1. The maximum absolute atomic E-state index is 12.5. The van der Waals surface area contributed by atoms with E-state index in [1.807, 2.05) is 18.7 Å². The summed E-state index contributed by atoms with van der Waals surface area (Å²) in [4.78, 5) is 25.6. The van der Waals surface area contributed by atoms with Crippen molar-refractivity contribution in [1.29, 1.82) is 0 Å². The van der Waals surface area contributed by atoms with Gasteiger partial charge in [0.25, 0.3) is 0 Å². The van der Waals surface area contributed by atoms with Gasteiger partial charge < -0.3 is 10.0 Å². The molecule has 1 saturated carbocycles. The summed E-state index contributed by atoms with van der Waals surface area (Å²) in [5.41, 5.74) is -0.386. The predicted octanol–water partition coefficient (Wildman–Crippen LogP) is 1.99. The molecule has 2 rings (SSSR count). The number of aliphatic carboxylic acids is 1. The van der Waals surface area contributed by atoms with E-state index in [0.717, 1.165) is 19.4 Å². The largest absolute Gasteiger partial charge is 0.481 e. The first kappa shape index (κ1) is 13.4. The van der Waals surface area contributed by atoms with E-state index in [1.165, 1.54) is 0 Å². The monoisotopic (exact) mass is 253 g/mol. The fraction of sp³-hybridized carbons (Fsp3) is 0.857. The van der Waals surface area contributed by atoms with E-state index in [1.54, 1.807) is 0 Å². The molecule has 0 bridgehead atoms. The minimum atomic E-state index is -0.837. The van der Waals surface area contributed by atoms with Gasteiger partial charge in [0.05, 0.1) is 11.8 Å². The number of carboxylic acid groups (broad SMARTS) is 1. The van der Waals surface area contributed by atoms with E-state index in [4.69, 9.17) is 5.11 Å². The zero-order valence-electron chi connectivity index (χ0n) is 11.6. The molecule has 4 heteroatoms. The first-order valence-corrected chi connectivity index (χ1v) is 6.80. The van der Waals surface area contributed by atoms with Crippen molar-refractivity contribution in [3.63, 3.8) is 0 Å². The molecule has 0 radical (unpaired) electrons. The van der Waals surface area contributed by atoms with Crippen LogP contribution in [0.2, 0.25) is 0 Å². The fourth-order valence-corrected chi connectivity index (χ4v) is 3.33. The molecule has 4 unspecified atom stereocenters. The molecule has 1 N–H and O–H groups in total. The number of carbonyl (C=O) groups is 2. The zero-order chi connectivity index (χ0) is 13.7. The minimum Gasteiger partial charge on any atom is -0.481 e. The highest BCUT2D eigenvalue weighted by Crippen LogP contribution is 2.59. The number of likely N-dealkylation sites (tertiary alicyclic amines) is 1. The van der Waals surface area contributed by atoms with Crippen molar-refractivity contribution in [3.05, 3.63) is 0 Å². The van der Waals surface area contributed by atoms with E-state index in [-0.39, 0.29) is 23.3 Å². The molecular formula is C14H23NO3. The van der Waals surface area contributed by atoms with E-state index in [9.17, 15) is 9.59 Å². The molecule has 18 heavy (non-hydrogen) atoms. The molecule has 1 amide bonds. The molecular weight excluding hydrogens is 230 g/mol. The standard InChI is InChI=1S/C14H23NO3/c1-8-5-6-9(2)15(7-8)12(16)10-11(13(17)18)14(10,3)4/h8-11H,5-7H2,1-4H3,(H,17,18). The van der Waals surface area contributed by atoms with Gasteiger partial charge in [-0.15, -0.1) is 0 Å². The third kappa shape index (κ3) is 2.02. The van der Waals surface area contributed by atoms with Gasteiger partial charge in [-0.05, 0) is 31.1 Å². The average molecular weight is 253 g/mol. The molecule has 0 aromatic heterocycles. The van der Waals surface area contributed by atoms with Crippen molar-refractivity contribution in [1.82, 2.24) is 4.90 Å². The molecule has 0 aromatic rings. The molecule has 0 spiro atoms. The lowest BCUT2D eigenvalue weighted by Gasteiger charge is -2.37. The topological polar surface area (TPSA) is 57.6 Å². The van der Waals surface area contributed by atoms with Gasteiger partial charge in [-0.1, -0.05) is 20.8 Å². The first-order chi connectivity index (χ1) is 8.26. The van der Waals surface area contributed by atoms with Crippen LogP contribution in [0, 0.1) is 23.2 Å². The SMILES string of the molecule is CC1CCC(C)N(C(=O)C2C(C(=O)O)C2(C)C)C1. The minimum absolute atomic E-state index is 0.0476. The van der Waals surface area contributed by atoms with E-state index < -0.39 is 11.9 Å². The number of carbonyl (C=O) groups excluding carboxylic acids is 1. The van der Waals surface area contributed by atoms with Crippen molar-refractivity contribution in [3.8, 4) is 0 Å². The molecule has 4 atom stereocenters. The Balaban J connectivity index is 2.10. The van der Waals surface area contributed by atoms with Crippen LogP contribution in [0.5, 0.6) is 0 Å². The summed E-state index contributed by atoms with van der Waals surface area (Å²) in [6.45, 7) is 8.76. The van der Waals surface area contributed by atoms with Crippen molar-refractivity contribution >= 4 is 11.9 Å². The van der Waals surface area contributed by atoms with Crippen LogP contribution in [0.15, 0.2) is 0 Å². The number of amides is 1. The van der Waals surface area contributed by atoms with Gasteiger partial charge in [0.15, 0.2) is 0 Å². The molecule has 1 heterocycles. The summed E-state index contributed by atoms with van der Waals surface area (Å²) in [6, 6.07) is 0.250. The van der Waals surface area contributed by atoms with Gasteiger partial charge in [-0.2, -0.15) is 0 Å². The summed E-state index contributed by atoms with van der Waals surface area (Å²) in [7, 11) is 0. The lowest BCUT2D eigenvalue weighted by Crippen LogP contribution is -2.46. The average Bonchev–Trinajstić information content (AvgIpc) is 2.84. The van der Waals surface area contributed by atoms with Gasteiger partial charge in [0.2, 0.25) is 5.91 Å². The molecule has 2 fully saturated rings. The third-order valence-corrected chi connectivity index (χ3v) is 4.76. The Morgan fingerprint density at radius 1 is 1.17 bits per heavy atom. The number of carboxylic acids is 1. The van der Waals surface area contributed by atoms with E-state index >= 15 is 0 Å². The molecule has 0 aromatic carbocycles. The number of hydrogen-bond acceptors (Lipinski definition) is 2. The Bertz CT molecular complexity index is 377. The molecule has 102 valence electrons. The van der Waals surface area contributed by atoms with Crippen LogP contribution in [0.4, 0.5) is 0 Å². The maximum atomic E-state index is 12.5. The molecule has 2 aliphatic rings. The summed E-state index contributed by atoms with van der Waals surface area (Å²) < 4.78 is 0. The predicted molar refractivity (Wildman–Crippen MR) is 68.0 cm³/mol.